The van der Waals surface area contributed by atoms with E-state index in [1.54, 1.807) is 0 Å². The van der Waals surface area contributed by atoms with Crippen molar-refractivity contribution in [1.29, 1.82) is 0 Å². The first-order valence-corrected chi connectivity index (χ1v) is 5.77. The summed E-state index contributed by atoms with van der Waals surface area (Å²) in [7, 11) is 7.89. The first kappa shape index (κ1) is 15.7. The molecule has 0 aliphatic heterocycles. The number of rotatable bonds is 2. The molecule has 0 radical (unpaired) electrons. The van der Waals surface area contributed by atoms with E-state index in [1.165, 1.54) is 0 Å². The monoisotopic (exact) mass is 374 g/mol. The maximum atomic E-state index is 4.56. The van der Waals surface area contributed by atoms with E-state index in [-0.39, 0.29) is 24.0 Å². The highest BCUT2D eigenvalue weighted by atomic mass is 127. The minimum Gasteiger partial charge on any atom is -0.349 e. The zero-order chi connectivity index (χ0) is 13.1. The minimum atomic E-state index is 0. The Labute approximate surface area is 130 Å². The first-order chi connectivity index (χ1) is 8.59. The molecule has 19 heavy (non-hydrogen) atoms. The third kappa shape index (κ3) is 3.55. The fourth-order valence-electron chi connectivity index (χ4n) is 1.82. The molecule has 6 nitrogen and oxygen atoms in total. The van der Waals surface area contributed by atoms with E-state index in [4.69, 9.17) is 0 Å². The molecule has 0 amide bonds. The molecule has 0 N–H and O–H groups in total. The fourth-order valence-corrected chi connectivity index (χ4v) is 1.82. The molecule has 7 heteroatoms. The summed E-state index contributed by atoms with van der Waals surface area (Å²) in [6.07, 6.45) is 1.95. The van der Waals surface area contributed by atoms with E-state index in [9.17, 15) is 0 Å². The van der Waals surface area contributed by atoms with E-state index >= 15 is 0 Å². The van der Waals surface area contributed by atoms with Crippen LogP contribution in [0, 0.1) is 0 Å². The van der Waals surface area contributed by atoms with Gasteiger partial charge < -0.3 is 9.80 Å². The Morgan fingerprint density at radius 3 is 2.47 bits per heavy atom. The van der Waals surface area contributed by atoms with Crippen LogP contribution in [0.15, 0.2) is 29.4 Å². The van der Waals surface area contributed by atoms with E-state index < -0.39 is 0 Å². The summed E-state index contributed by atoms with van der Waals surface area (Å²) in [5.41, 5.74) is 0.846. The van der Waals surface area contributed by atoms with Crippen molar-refractivity contribution in [2.24, 2.45) is 4.99 Å². The summed E-state index contributed by atoms with van der Waals surface area (Å²) in [5, 5.41) is 8.26. The zero-order valence-corrected chi connectivity index (χ0v) is 13.9. The number of aromatic nitrogens is 3. The predicted molar refractivity (Wildman–Crippen MR) is 86.9 cm³/mol. The molecule has 0 saturated carbocycles. The second-order valence-electron chi connectivity index (χ2n) is 4.45. The van der Waals surface area contributed by atoms with Gasteiger partial charge in [-0.2, -0.15) is 0 Å². The molecule has 2 aromatic heterocycles. The zero-order valence-electron chi connectivity index (χ0n) is 11.6. The van der Waals surface area contributed by atoms with Crippen molar-refractivity contribution < 1.29 is 0 Å². The number of pyridine rings is 1. The van der Waals surface area contributed by atoms with Crippen LogP contribution >= 0.6 is 24.0 Å². The Kier molecular flexibility index (Phi) is 5.52. The van der Waals surface area contributed by atoms with Gasteiger partial charge in [0.05, 0.1) is 0 Å². The minimum absolute atomic E-state index is 0. The van der Waals surface area contributed by atoms with E-state index in [1.807, 2.05) is 66.8 Å². The summed E-state index contributed by atoms with van der Waals surface area (Å²) >= 11 is 0. The van der Waals surface area contributed by atoms with Crippen LogP contribution in [-0.2, 0) is 6.54 Å². The van der Waals surface area contributed by atoms with Crippen LogP contribution in [0.5, 0.6) is 0 Å². The molecule has 104 valence electrons. The number of nitrogens with zero attached hydrogens (tertiary/aromatic N) is 6. The van der Waals surface area contributed by atoms with Crippen LogP contribution in [0.4, 0.5) is 0 Å². The SMILES string of the molecule is CN(C)C(=NCc1nnc2ccccn12)N(C)C.I. The van der Waals surface area contributed by atoms with Gasteiger partial charge in [0.15, 0.2) is 17.4 Å². The Balaban J connectivity index is 0.00000180. The van der Waals surface area contributed by atoms with Gasteiger partial charge in [0.2, 0.25) is 0 Å². The highest BCUT2D eigenvalue weighted by molar-refractivity contribution is 14.0. The first-order valence-electron chi connectivity index (χ1n) is 5.77. The molecule has 2 heterocycles. The molecule has 0 aliphatic carbocycles. The Morgan fingerprint density at radius 1 is 1.16 bits per heavy atom. The molecule has 2 rings (SSSR count). The van der Waals surface area contributed by atoms with Gasteiger partial charge in [0, 0.05) is 34.4 Å². The second kappa shape index (κ2) is 6.69. The topological polar surface area (TPSA) is 49.0 Å². The van der Waals surface area contributed by atoms with Crippen molar-refractivity contribution in [3.8, 4) is 0 Å². The highest BCUT2D eigenvalue weighted by Crippen LogP contribution is 2.04. The lowest BCUT2D eigenvalue weighted by molar-refractivity contribution is 0.478. The lowest BCUT2D eigenvalue weighted by atomic mass is 10.4. The van der Waals surface area contributed by atoms with Gasteiger partial charge >= 0.3 is 0 Å². The van der Waals surface area contributed by atoms with Gasteiger partial charge in [0.1, 0.15) is 6.54 Å². The van der Waals surface area contributed by atoms with Crippen molar-refractivity contribution >= 4 is 35.6 Å². The molecule has 0 unspecified atom stereocenters. The summed E-state index contributed by atoms with van der Waals surface area (Å²) in [6.45, 7) is 0.511. The second-order valence-corrected chi connectivity index (χ2v) is 4.45. The molecule has 0 bridgehead atoms. The standard InChI is InChI=1S/C12H18N6.HI/c1-16(2)12(17(3)4)13-9-11-15-14-10-7-5-6-8-18(10)11;/h5-8H,9H2,1-4H3;1H. The smallest absolute Gasteiger partial charge is 0.195 e. The number of hydrogen-bond donors (Lipinski definition) is 0. The fraction of sp³-hybridized carbons (Fsp3) is 0.417. The molecule has 0 aromatic carbocycles. The lowest BCUT2D eigenvalue weighted by Crippen LogP contribution is -2.35. The van der Waals surface area contributed by atoms with E-state index in [2.05, 4.69) is 15.2 Å². The number of halogens is 1. The summed E-state index contributed by atoms with van der Waals surface area (Å²) in [4.78, 5) is 8.51. The van der Waals surface area contributed by atoms with Crippen LogP contribution in [0.1, 0.15) is 5.82 Å². The Morgan fingerprint density at radius 2 is 1.84 bits per heavy atom. The quantitative estimate of drug-likeness (QED) is 0.452. The molecule has 0 atom stereocenters. The number of guanidine groups is 1. The van der Waals surface area contributed by atoms with Crippen LogP contribution in [-0.4, -0.2) is 58.5 Å². The van der Waals surface area contributed by atoms with Gasteiger partial charge in [-0.3, -0.25) is 4.40 Å². The van der Waals surface area contributed by atoms with Crippen molar-refractivity contribution in [1.82, 2.24) is 24.4 Å². The van der Waals surface area contributed by atoms with Gasteiger partial charge in [0.25, 0.3) is 0 Å². The Hall–Kier alpha value is -1.38. The molecule has 0 aliphatic rings. The maximum Gasteiger partial charge on any atom is 0.195 e. The van der Waals surface area contributed by atoms with Gasteiger partial charge in [-0.25, -0.2) is 4.99 Å². The van der Waals surface area contributed by atoms with Crippen LogP contribution < -0.4 is 0 Å². The van der Waals surface area contributed by atoms with Crippen molar-refractivity contribution in [2.75, 3.05) is 28.2 Å². The third-order valence-corrected chi connectivity index (χ3v) is 2.55. The highest BCUT2D eigenvalue weighted by Gasteiger charge is 2.07. The van der Waals surface area contributed by atoms with Crippen molar-refractivity contribution in [3.05, 3.63) is 30.2 Å². The lowest BCUT2D eigenvalue weighted by Gasteiger charge is -2.22. The normalized spacial score (nSPS) is 9.89. The van der Waals surface area contributed by atoms with E-state index in [0.29, 0.717) is 6.54 Å². The number of aliphatic imine (C=N–C) groups is 1. The van der Waals surface area contributed by atoms with Gasteiger partial charge in [-0.05, 0) is 12.1 Å². The summed E-state index contributed by atoms with van der Waals surface area (Å²) < 4.78 is 1.95. The van der Waals surface area contributed by atoms with E-state index in [0.717, 1.165) is 17.4 Å². The molecule has 0 spiro atoms. The summed E-state index contributed by atoms with van der Waals surface area (Å²) in [6, 6.07) is 5.84. The third-order valence-electron chi connectivity index (χ3n) is 2.55. The maximum absolute atomic E-state index is 4.56. The molecule has 0 fully saturated rings. The molecular weight excluding hydrogens is 355 g/mol. The average molecular weight is 374 g/mol. The summed E-state index contributed by atoms with van der Waals surface area (Å²) in [5.74, 6) is 1.74. The van der Waals surface area contributed by atoms with Crippen LogP contribution in [0.25, 0.3) is 5.65 Å². The van der Waals surface area contributed by atoms with Crippen molar-refractivity contribution in [2.45, 2.75) is 6.54 Å². The van der Waals surface area contributed by atoms with Crippen molar-refractivity contribution in [3.63, 3.8) is 0 Å². The average Bonchev–Trinajstić information content (AvgIpc) is 2.72. The number of fused-ring (bicyclic) bond motifs is 1. The molecule has 2 aromatic rings. The molecular formula is C12H19IN6. The predicted octanol–water partition coefficient (Wildman–Crippen LogP) is 1.33. The Bertz CT molecular complexity index is 550. The van der Waals surface area contributed by atoms with Crippen LogP contribution in [0.3, 0.4) is 0 Å². The van der Waals surface area contributed by atoms with Crippen LogP contribution in [0.2, 0.25) is 0 Å². The number of hydrogen-bond acceptors (Lipinski definition) is 3. The molecule has 0 saturated heterocycles. The van der Waals surface area contributed by atoms with Gasteiger partial charge in [-0.1, -0.05) is 6.07 Å². The van der Waals surface area contributed by atoms with Gasteiger partial charge in [-0.15, -0.1) is 34.2 Å². The largest absolute Gasteiger partial charge is 0.349 e.